The van der Waals surface area contributed by atoms with Crippen molar-refractivity contribution in [3.05, 3.63) is 30.0 Å². The van der Waals surface area contributed by atoms with Crippen molar-refractivity contribution in [2.24, 2.45) is 11.8 Å². The maximum absolute atomic E-state index is 13.2. The fourth-order valence-corrected chi connectivity index (χ4v) is 5.52. The first kappa shape index (κ1) is 21.5. The number of aliphatic hydroxyl groups excluding tert-OH is 1. The number of aromatic nitrogens is 2. The normalized spacial score (nSPS) is 28.3. The predicted molar refractivity (Wildman–Crippen MR) is 115 cm³/mol. The third-order valence-corrected chi connectivity index (χ3v) is 7.59. The number of carbonyl (C=O) groups is 3. The zero-order chi connectivity index (χ0) is 22.8. The molecule has 0 bridgehead atoms. The predicted octanol–water partition coefficient (Wildman–Crippen LogP) is 1.39. The highest BCUT2D eigenvalue weighted by Crippen LogP contribution is 2.55. The summed E-state index contributed by atoms with van der Waals surface area (Å²) in [6.07, 6.45) is 1.88. The van der Waals surface area contributed by atoms with E-state index in [0.29, 0.717) is 23.7 Å². The van der Waals surface area contributed by atoms with Gasteiger partial charge in [-0.2, -0.15) is 5.10 Å². The van der Waals surface area contributed by atoms with Gasteiger partial charge in [-0.15, -0.1) is 23.2 Å². The minimum absolute atomic E-state index is 0.00679. The highest BCUT2D eigenvalue weighted by molar-refractivity contribution is 6.51. The Hall–Kier alpha value is -2.36. The molecule has 11 heteroatoms. The smallest absolute Gasteiger partial charge is 0.357 e. The van der Waals surface area contributed by atoms with Crippen LogP contribution in [0.15, 0.2) is 24.3 Å². The average Bonchev–Trinajstić information content (AvgIpc) is 3.55. The molecule has 2 unspecified atom stereocenters. The molecule has 170 valence electrons. The second-order valence-electron chi connectivity index (χ2n) is 8.81. The van der Waals surface area contributed by atoms with Crippen molar-refractivity contribution in [3.63, 3.8) is 0 Å². The van der Waals surface area contributed by atoms with Crippen molar-refractivity contribution >= 4 is 51.9 Å². The Morgan fingerprint density at radius 2 is 1.97 bits per heavy atom. The summed E-state index contributed by atoms with van der Waals surface area (Å²) in [5.41, 5.74) is 0.426. The number of halogens is 2. The molecule has 5 rings (SSSR count). The van der Waals surface area contributed by atoms with Crippen LogP contribution in [0.3, 0.4) is 0 Å². The Morgan fingerprint density at radius 3 is 2.62 bits per heavy atom. The summed E-state index contributed by atoms with van der Waals surface area (Å²) in [5.74, 6) is -1.76. The summed E-state index contributed by atoms with van der Waals surface area (Å²) in [6, 6.07) is 5.59. The molecule has 3 aliphatic rings. The molecule has 3 N–H and O–H groups in total. The number of amides is 2. The fraction of sp³-hybridized carbons (Fsp3) is 0.524. The van der Waals surface area contributed by atoms with E-state index < -0.39 is 22.4 Å². The number of benzene rings is 1. The van der Waals surface area contributed by atoms with Crippen LogP contribution in [0.5, 0.6) is 0 Å². The molecule has 1 aliphatic heterocycles. The van der Waals surface area contributed by atoms with Crippen molar-refractivity contribution in [2.75, 3.05) is 6.61 Å². The number of carbonyl (C=O) groups excluding carboxylic acids is 2. The van der Waals surface area contributed by atoms with Gasteiger partial charge in [0.2, 0.25) is 11.8 Å². The van der Waals surface area contributed by atoms with E-state index in [1.165, 1.54) is 4.68 Å². The topological polar surface area (TPSA) is 125 Å². The minimum Gasteiger partial charge on any atom is -0.476 e. The minimum atomic E-state index is -1.17. The van der Waals surface area contributed by atoms with Gasteiger partial charge in [-0.1, -0.05) is 18.2 Å². The number of aromatic carboxylic acids is 1. The van der Waals surface area contributed by atoms with Gasteiger partial charge in [0.1, 0.15) is 16.9 Å². The third kappa shape index (κ3) is 3.62. The van der Waals surface area contributed by atoms with Crippen molar-refractivity contribution in [3.8, 4) is 0 Å². The number of nitrogens with zero attached hydrogens (tertiary/aromatic N) is 3. The molecule has 9 nitrogen and oxygen atoms in total. The Bertz CT molecular complexity index is 1120. The summed E-state index contributed by atoms with van der Waals surface area (Å²) < 4.78 is 0.429. The monoisotopic (exact) mass is 480 g/mol. The Kier molecular flexibility index (Phi) is 5.11. The summed E-state index contributed by atoms with van der Waals surface area (Å²) >= 11 is 12.2. The fourth-order valence-electron chi connectivity index (χ4n) is 4.89. The van der Waals surface area contributed by atoms with Gasteiger partial charge in [0.05, 0.1) is 18.2 Å². The van der Waals surface area contributed by atoms with Crippen molar-refractivity contribution < 1.29 is 24.6 Å². The molecule has 1 aromatic heterocycles. The maximum Gasteiger partial charge on any atom is 0.357 e. The van der Waals surface area contributed by atoms with Crippen molar-refractivity contribution in [1.82, 2.24) is 20.0 Å². The van der Waals surface area contributed by atoms with Gasteiger partial charge < -0.3 is 20.4 Å². The van der Waals surface area contributed by atoms with Crippen LogP contribution < -0.4 is 5.32 Å². The molecule has 0 radical (unpaired) electrons. The molecule has 2 saturated carbocycles. The molecule has 1 saturated heterocycles. The number of nitrogens with one attached hydrogen (secondary N) is 1. The Labute approximate surface area is 193 Å². The number of hydrogen-bond acceptors (Lipinski definition) is 5. The van der Waals surface area contributed by atoms with Crippen molar-refractivity contribution in [1.29, 1.82) is 0 Å². The molecule has 0 spiro atoms. The number of para-hydroxylation sites is 1. The standard InChI is InChI=1S/C21H22Cl2N4O5/c22-21(23)7-12(21)13(9-28)24-19(30)16-6-10-5-15(10)27(16)17(29)8-26-14-4-2-1-3-11(14)18(25-26)20(31)32/h1-4,10,12-13,15-16,28H,5-9H2,(H,24,30)(H,31,32)/t10-,12?,13?,15-,16+/m1/s1. The van der Waals surface area contributed by atoms with E-state index in [0.717, 1.165) is 6.42 Å². The zero-order valence-corrected chi connectivity index (χ0v) is 18.5. The lowest BCUT2D eigenvalue weighted by molar-refractivity contribution is -0.140. The number of carboxylic acids is 1. The van der Waals surface area contributed by atoms with E-state index in [9.17, 15) is 24.6 Å². The SMILES string of the molecule is O=C(O)c1nn(CC(=O)N2[C@@H]3C[C@@H]3C[C@H]2C(=O)NC(CO)C2CC2(Cl)Cl)c2ccccc12. The van der Waals surface area contributed by atoms with Crippen LogP contribution in [0.25, 0.3) is 10.9 Å². The lowest BCUT2D eigenvalue weighted by Gasteiger charge is -2.28. The van der Waals surface area contributed by atoms with Gasteiger partial charge in [-0.05, 0) is 31.2 Å². The van der Waals surface area contributed by atoms with Gasteiger partial charge in [0.25, 0.3) is 0 Å². The summed E-state index contributed by atoms with van der Waals surface area (Å²) in [4.78, 5) is 39.4. The van der Waals surface area contributed by atoms with Crippen LogP contribution in [0.2, 0.25) is 0 Å². The molecule has 3 fully saturated rings. The van der Waals surface area contributed by atoms with Gasteiger partial charge >= 0.3 is 5.97 Å². The van der Waals surface area contributed by atoms with Crippen LogP contribution in [-0.2, 0) is 16.1 Å². The zero-order valence-electron chi connectivity index (χ0n) is 16.9. The first-order valence-electron chi connectivity index (χ1n) is 10.5. The highest BCUT2D eigenvalue weighted by atomic mass is 35.5. The average molecular weight is 481 g/mol. The number of hydrogen-bond donors (Lipinski definition) is 3. The summed E-state index contributed by atoms with van der Waals surface area (Å²) in [5, 5.41) is 26.5. The first-order chi connectivity index (χ1) is 15.2. The number of likely N-dealkylation sites (tertiary alicyclic amines) is 1. The molecular weight excluding hydrogens is 459 g/mol. The summed E-state index contributed by atoms with van der Waals surface area (Å²) in [7, 11) is 0. The van der Waals surface area contributed by atoms with Crippen LogP contribution in [0.4, 0.5) is 0 Å². The Balaban J connectivity index is 1.34. The molecule has 2 aromatic rings. The number of rotatable bonds is 7. The van der Waals surface area contributed by atoms with E-state index >= 15 is 0 Å². The highest BCUT2D eigenvalue weighted by Gasteiger charge is 2.58. The number of piperidine rings is 1. The molecular formula is C21H22Cl2N4O5. The second kappa shape index (κ2) is 7.60. The molecule has 5 atom stereocenters. The second-order valence-corrected chi connectivity index (χ2v) is 10.4. The molecule has 32 heavy (non-hydrogen) atoms. The van der Waals surface area contributed by atoms with E-state index in [1.54, 1.807) is 29.2 Å². The summed E-state index contributed by atoms with van der Waals surface area (Å²) in [6.45, 7) is -0.457. The van der Waals surface area contributed by atoms with Crippen LogP contribution >= 0.6 is 23.2 Å². The van der Waals surface area contributed by atoms with E-state index in [1.807, 2.05) is 0 Å². The number of aliphatic hydroxyl groups is 1. The number of alkyl halides is 2. The third-order valence-electron chi connectivity index (χ3n) is 6.73. The van der Waals surface area contributed by atoms with Crippen LogP contribution in [0, 0.1) is 11.8 Å². The largest absolute Gasteiger partial charge is 0.476 e. The quantitative estimate of drug-likeness (QED) is 0.514. The van der Waals surface area contributed by atoms with E-state index in [4.69, 9.17) is 23.2 Å². The Morgan fingerprint density at radius 1 is 1.25 bits per heavy atom. The van der Waals surface area contributed by atoms with Gasteiger partial charge in [0.15, 0.2) is 5.69 Å². The molecule has 2 aliphatic carbocycles. The molecule has 2 amide bonds. The lowest BCUT2D eigenvalue weighted by Crippen LogP contribution is -2.52. The van der Waals surface area contributed by atoms with Crippen molar-refractivity contribution in [2.45, 2.75) is 48.3 Å². The van der Waals surface area contributed by atoms with Gasteiger partial charge in [-0.3, -0.25) is 14.3 Å². The van der Waals surface area contributed by atoms with E-state index in [2.05, 4.69) is 10.4 Å². The lowest BCUT2D eigenvalue weighted by atomic mass is 10.1. The van der Waals surface area contributed by atoms with Crippen LogP contribution in [0.1, 0.15) is 29.8 Å². The van der Waals surface area contributed by atoms with E-state index in [-0.39, 0.29) is 48.5 Å². The number of carboxylic acid groups (broad SMARTS) is 1. The first-order valence-corrected chi connectivity index (χ1v) is 11.3. The van der Waals surface area contributed by atoms with Gasteiger partial charge in [-0.25, -0.2) is 4.79 Å². The maximum atomic E-state index is 13.2. The van der Waals surface area contributed by atoms with Crippen LogP contribution in [-0.4, -0.2) is 71.7 Å². The van der Waals surface area contributed by atoms with Gasteiger partial charge in [0, 0.05) is 17.3 Å². The molecule has 1 aromatic carbocycles. The number of fused-ring (bicyclic) bond motifs is 2. The molecule has 2 heterocycles.